The average molecular weight is 312 g/mol. The fraction of sp³-hybridized carbons (Fsp3) is 0.643. The molecule has 122 valence electrons. The molecular formula is C14H22F2N6. The molecule has 0 saturated carbocycles. The molecule has 0 radical (unpaired) electrons. The van der Waals surface area contributed by atoms with E-state index in [1.165, 1.54) is 0 Å². The Bertz CT molecular complexity index is 625. The zero-order valence-electron chi connectivity index (χ0n) is 13.3. The zero-order valence-corrected chi connectivity index (χ0v) is 13.3. The SMILES string of the molecule is CCCN(C)CC(C)(C)Nc1ccc2nnc(C(F)F)n2n1. The van der Waals surface area contributed by atoms with Gasteiger partial charge in [0.2, 0.25) is 5.82 Å². The summed E-state index contributed by atoms with van der Waals surface area (Å²) in [5, 5.41) is 14.6. The van der Waals surface area contributed by atoms with Crippen molar-refractivity contribution in [2.75, 3.05) is 25.5 Å². The topological polar surface area (TPSA) is 58.3 Å². The third-order valence-corrected chi connectivity index (χ3v) is 3.22. The minimum Gasteiger partial charge on any atom is -0.362 e. The van der Waals surface area contributed by atoms with Gasteiger partial charge in [-0.25, -0.2) is 8.78 Å². The summed E-state index contributed by atoms with van der Waals surface area (Å²) in [6, 6.07) is 3.35. The molecule has 0 fully saturated rings. The summed E-state index contributed by atoms with van der Waals surface area (Å²) < 4.78 is 26.8. The molecule has 6 nitrogen and oxygen atoms in total. The quantitative estimate of drug-likeness (QED) is 0.851. The highest BCUT2D eigenvalue weighted by molar-refractivity contribution is 5.45. The molecule has 8 heteroatoms. The van der Waals surface area contributed by atoms with Crippen LogP contribution in [0.25, 0.3) is 5.65 Å². The molecule has 0 spiro atoms. The Morgan fingerprint density at radius 2 is 2.05 bits per heavy atom. The molecule has 0 aliphatic heterocycles. The van der Waals surface area contributed by atoms with E-state index < -0.39 is 12.2 Å². The lowest BCUT2D eigenvalue weighted by molar-refractivity contribution is 0.137. The van der Waals surface area contributed by atoms with Crippen LogP contribution < -0.4 is 5.32 Å². The Kier molecular flexibility index (Phi) is 4.90. The van der Waals surface area contributed by atoms with Gasteiger partial charge in [0.15, 0.2) is 5.65 Å². The van der Waals surface area contributed by atoms with Crippen molar-refractivity contribution in [3.05, 3.63) is 18.0 Å². The molecule has 0 amide bonds. The van der Waals surface area contributed by atoms with Crippen molar-refractivity contribution < 1.29 is 8.78 Å². The summed E-state index contributed by atoms with van der Waals surface area (Å²) >= 11 is 0. The summed E-state index contributed by atoms with van der Waals surface area (Å²) in [6.45, 7) is 8.03. The van der Waals surface area contributed by atoms with E-state index >= 15 is 0 Å². The minimum atomic E-state index is -2.71. The van der Waals surface area contributed by atoms with Gasteiger partial charge in [-0.05, 0) is 46.0 Å². The first-order valence-corrected chi connectivity index (χ1v) is 7.29. The van der Waals surface area contributed by atoms with Gasteiger partial charge in [0.05, 0.1) is 0 Å². The predicted octanol–water partition coefficient (Wildman–Crippen LogP) is 2.59. The molecule has 2 heterocycles. The summed E-state index contributed by atoms with van der Waals surface area (Å²) in [5.74, 6) is 0.0728. The van der Waals surface area contributed by atoms with Gasteiger partial charge in [-0.3, -0.25) is 0 Å². The summed E-state index contributed by atoms with van der Waals surface area (Å²) in [6.07, 6.45) is -1.63. The summed E-state index contributed by atoms with van der Waals surface area (Å²) in [5.41, 5.74) is 0.0608. The van der Waals surface area contributed by atoms with E-state index in [0.717, 1.165) is 24.0 Å². The second kappa shape index (κ2) is 6.51. The highest BCUT2D eigenvalue weighted by Crippen LogP contribution is 2.19. The van der Waals surface area contributed by atoms with Gasteiger partial charge in [-0.15, -0.1) is 15.3 Å². The van der Waals surface area contributed by atoms with Crippen LogP contribution in [0, 0.1) is 0 Å². The van der Waals surface area contributed by atoms with Crippen LogP contribution in [0.15, 0.2) is 12.1 Å². The molecule has 0 atom stereocenters. The van der Waals surface area contributed by atoms with E-state index in [0.29, 0.717) is 11.5 Å². The van der Waals surface area contributed by atoms with Crippen molar-refractivity contribution in [2.45, 2.75) is 39.2 Å². The van der Waals surface area contributed by atoms with Crippen LogP contribution in [0.1, 0.15) is 39.4 Å². The number of hydrogen-bond donors (Lipinski definition) is 1. The molecule has 2 aromatic rings. The largest absolute Gasteiger partial charge is 0.362 e. The molecule has 22 heavy (non-hydrogen) atoms. The van der Waals surface area contributed by atoms with E-state index in [4.69, 9.17) is 0 Å². The van der Waals surface area contributed by atoms with E-state index in [-0.39, 0.29) is 5.54 Å². The zero-order chi connectivity index (χ0) is 16.3. The fourth-order valence-corrected chi connectivity index (χ4v) is 2.53. The van der Waals surface area contributed by atoms with Crippen LogP contribution in [0.5, 0.6) is 0 Å². The summed E-state index contributed by atoms with van der Waals surface area (Å²) in [4.78, 5) is 2.22. The van der Waals surface area contributed by atoms with E-state index in [1.807, 2.05) is 13.8 Å². The predicted molar refractivity (Wildman–Crippen MR) is 81.2 cm³/mol. The van der Waals surface area contributed by atoms with Crippen molar-refractivity contribution in [1.29, 1.82) is 0 Å². The highest BCUT2D eigenvalue weighted by atomic mass is 19.3. The molecule has 1 N–H and O–H groups in total. The third kappa shape index (κ3) is 3.88. The number of alkyl halides is 2. The van der Waals surface area contributed by atoms with Gasteiger partial charge < -0.3 is 10.2 Å². The van der Waals surface area contributed by atoms with E-state index in [9.17, 15) is 8.78 Å². The van der Waals surface area contributed by atoms with E-state index in [1.54, 1.807) is 12.1 Å². The average Bonchev–Trinajstić information content (AvgIpc) is 2.80. The normalized spacial score (nSPS) is 12.5. The van der Waals surface area contributed by atoms with Crippen molar-refractivity contribution in [2.24, 2.45) is 0 Å². The van der Waals surface area contributed by atoms with Crippen LogP contribution >= 0.6 is 0 Å². The molecule has 0 unspecified atom stereocenters. The maximum atomic E-state index is 12.9. The van der Waals surface area contributed by atoms with Crippen molar-refractivity contribution in [1.82, 2.24) is 24.7 Å². The van der Waals surface area contributed by atoms with E-state index in [2.05, 4.69) is 39.5 Å². The Morgan fingerprint density at radius 1 is 1.32 bits per heavy atom. The molecule has 2 aromatic heterocycles. The lowest BCUT2D eigenvalue weighted by Crippen LogP contribution is -2.43. The second-order valence-electron chi connectivity index (χ2n) is 6.09. The maximum Gasteiger partial charge on any atom is 0.299 e. The molecule has 0 aliphatic carbocycles. The first-order valence-electron chi connectivity index (χ1n) is 7.29. The van der Waals surface area contributed by atoms with Crippen LogP contribution in [-0.2, 0) is 0 Å². The molecular weight excluding hydrogens is 290 g/mol. The molecule has 0 bridgehead atoms. The van der Waals surface area contributed by atoms with Gasteiger partial charge >= 0.3 is 0 Å². The Labute approximate surface area is 128 Å². The molecule has 2 rings (SSSR count). The van der Waals surface area contributed by atoms with Crippen LogP contribution in [0.3, 0.4) is 0 Å². The smallest absolute Gasteiger partial charge is 0.299 e. The molecule has 0 aliphatic rings. The first-order chi connectivity index (χ1) is 10.3. The number of hydrogen-bond acceptors (Lipinski definition) is 5. The van der Waals surface area contributed by atoms with Crippen molar-refractivity contribution in [3.8, 4) is 0 Å². The maximum absolute atomic E-state index is 12.9. The number of fused-ring (bicyclic) bond motifs is 1. The van der Waals surface area contributed by atoms with Gasteiger partial charge in [0, 0.05) is 12.1 Å². The van der Waals surface area contributed by atoms with Gasteiger partial charge in [-0.1, -0.05) is 6.92 Å². The lowest BCUT2D eigenvalue weighted by Gasteiger charge is -2.31. The number of rotatable bonds is 7. The van der Waals surface area contributed by atoms with Gasteiger partial charge in [0.25, 0.3) is 6.43 Å². The number of halogens is 2. The van der Waals surface area contributed by atoms with Crippen LogP contribution in [0.2, 0.25) is 0 Å². The number of nitrogens with zero attached hydrogens (tertiary/aromatic N) is 5. The minimum absolute atomic E-state index is 0.246. The second-order valence-corrected chi connectivity index (χ2v) is 6.09. The number of anilines is 1. The first kappa shape index (κ1) is 16.5. The molecule has 0 aromatic carbocycles. The number of nitrogens with one attached hydrogen (secondary N) is 1. The lowest BCUT2D eigenvalue weighted by atomic mass is 10.1. The van der Waals surface area contributed by atoms with Crippen LogP contribution in [-0.4, -0.2) is 50.4 Å². The number of aromatic nitrogens is 4. The molecule has 0 saturated heterocycles. The highest BCUT2D eigenvalue weighted by Gasteiger charge is 2.22. The van der Waals surface area contributed by atoms with Gasteiger partial charge in [0.1, 0.15) is 5.82 Å². The van der Waals surface area contributed by atoms with Crippen molar-refractivity contribution >= 4 is 11.5 Å². The third-order valence-electron chi connectivity index (χ3n) is 3.22. The number of likely N-dealkylation sites (N-methyl/N-ethyl adjacent to an activating group) is 1. The standard InChI is InChI=1S/C14H22F2N6/c1-5-8-21(4)9-14(2,3)17-10-6-7-11-18-19-13(12(15)16)22(11)20-10/h6-7,12H,5,8-9H2,1-4H3,(H,17,20). The van der Waals surface area contributed by atoms with Gasteiger partial charge in [-0.2, -0.15) is 4.52 Å². The monoisotopic (exact) mass is 312 g/mol. The fourth-order valence-electron chi connectivity index (χ4n) is 2.53. The van der Waals surface area contributed by atoms with Crippen molar-refractivity contribution in [3.63, 3.8) is 0 Å². The van der Waals surface area contributed by atoms with Crippen LogP contribution in [0.4, 0.5) is 14.6 Å². The Balaban J connectivity index is 2.18. The summed E-state index contributed by atoms with van der Waals surface area (Å²) in [7, 11) is 2.05. The Hall–Kier alpha value is -1.83. The Morgan fingerprint density at radius 3 is 2.68 bits per heavy atom.